The molecule has 1 spiro atoms. The minimum absolute atomic E-state index is 0.432. The average Bonchev–Trinajstić information content (AvgIpc) is 3.59. The molecule has 0 N–H and O–H groups in total. The van der Waals surface area contributed by atoms with Crippen LogP contribution in [-0.2, 0) is 5.41 Å². The molecule has 1 aromatic heterocycles. The Hall–Kier alpha value is -4.30. The normalized spacial score (nSPS) is 13.9. The summed E-state index contributed by atoms with van der Waals surface area (Å²) in [6.07, 6.45) is 0. The molecule has 0 radical (unpaired) electrons. The van der Waals surface area contributed by atoms with E-state index in [1.54, 1.807) is 0 Å². The number of nitrogens with zero attached hydrogens (tertiary/aromatic N) is 1. The van der Waals surface area contributed by atoms with Gasteiger partial charge in [0.1, 0.15) is 0 Å². The molecule has 0 unspecified atom stereocenters. The lowest BCUT2D eigenvalue weighted by atomic mass is 9.70. The SMILES string of the molecule is Clc1ccc2c(c1)-c1c(ccc3c4ccccc4n(-c4ccccc4Cl)c13)C21c2ccccc2-c2ccccc21. The summed E-state index contributed by atoms with van der Waals surface area (Å²) in [6, 6.07) is 45.6. The summed E-state index contributed by atoms with van der Waals surface area (Å²) < 4.78 is 2.35. The molecule has 0 amide bonds. The van der Waals surface area contributed by atoms with E-state index in [9.17, 15) is 0 Å². The van der Waals surface area contributed by atoms with Crippen molar-refractivity contribution >= 4 is 45.0 Å². The largest absolute Gasteiger partial charge is 0.307 e. The van der Waals surface area contributed by atoms with Crippen molar-refractivity contribution in [3.05, 3.63) is 160 Å². The van der Waals surface area contributed by atoms with E-state index in [0.29, 0.717) is 0 Å². The molecule has 1 nitrogen and oxygen atoms in total. The van der Waals surface area contributed by atoms with E-state index in [2.05, 4.69) is 114 Å². The number of para-hydroxylation sites is 2. The maximum absolute atomic E-state index is 6.91. The lowest BCUT2D eigenvalue weighted by molar-refractivity contribution is 0.794. The lowest BCUT2D eigenvalue weighted by Crippen LogP contribution is -2.25. The van der Waals surface area contributed by atoms with E-state index in [4.69, 9.17) is 23.2 Å². The van der Waals surface area contributed by atoms with Gasteiger partial charge in [0, 0.05) is 21.4 Å². The maximum Gasteiger partial charge on any atom is 0.0726 e. The lowest BCUT2D eigenvalue weighted by Gasteiger charge is -2.30. The van der Waals surface area contributed by atoms with Crippen LogP contribution < -0.4 is 0 Å². The fourth-order valence-electron chi connectivity index (χ4n) is 7.54. The van der Waals surface area contributed by atoms with E-state index >= 15 is 0 Å². The van der Waals surface area contributed by atoms with Gasteiger partial charge in [-0.3, -0.25) is 0 Å². The first-order chi connectivity index (χ1) is 19.7. The molecule has 0 bridgehead atoms. The van der Waals surface area contributed by atoms with Gasteiger partial charge in [0.2, 0.25) is 0 Å². The Morgan fingerprint density at radius 1 is 0.500 bits per heavy atom. The van der Waals surface area contributed by atoms with Gasteiger partial charge in [-0.2, -0.15) is 0 Å². The second-order valence-electron chi connectivity index (χ2n) is 10.7. The summed E-state index contributed by atoms with van der Waals surface area (Å²) in [6.45, 7) is 0. The van der Waals surface area contributed by atoms with E-state index in [1.807, 2.05) is 18.2 Å². The van der Waals surface area contributed by atoms with E-state index < -0.39 is 5.41 Å². The number of hydrogen-bond donors (Lipinski definition) is 0. The van der Waals surface area contributed by atoms with Gasteiger partial charge in [0.15, 0.2) is 0 Å². The molecule has 0 saturated heterocycles. The molecule has 3 heteroatoms. The van der Waals surface area contributed by atoms with Crippen molar-refractivity contribution in [2.75, 3.05) is 0 Å². The standard InChI is InChI=1S/C37H21Cl2N/c38-22-17-19-30-27(21-22)35-31(37(30)28-12-4-1-9-23(28)24-10-2-5-13-29(24)37)20-18-26-25-11-3-7-15-33(25)40(36(26)35)34-16-8-6-14-32(34)39/h1-21H. The number of halogens is 2. The van der Waals surface area contributed by atoms with E-state index in [1.165, 1.54) is 55.3 Å². The summed E-state index contributed by atoms with van der Waals surface area (Å²) in [5.41, 5.74) is 13.0. The van der Waals surface area contributed by atoms with Crippen LogP contribution in [0.15, 0.2) is 127 Å². The second-order valence-corrected chi connectivity index (χ2v) is 11.6. The number of rotatable bonds is 1. The third-order valence-corrected chi connectivity index (χ3v) is 9.50. The molecule has 188 valence electrons. The number of aromatic nitrogens is 1. The minimum Gasteiger partial charge on any atom is -0.307 e. The predicted molar refractivity (Wildman–Crippen MR) is 167 cm³/mol. The van der Waals surface area contributed by atoms with Crippen molar-refractivity contribution in [2.45, 2.75) is 5.41 Å². The Kier molecular flexibility index (Phi) is 4.44. The number of fused-ring (bicyclic) bond motifs is 14. The summed E-state index contributed by atoms with van der Waals surface area (Å²) in [5, 5.41) is 3.87. The Balaban J connectivity index is 1.55. The third-order valence-electron chi connectivity index (χ3n) is 8.94. The van der Waals surface area contributed by atoms with E-state index in [-0.39, 0.29) is 0 Å². The van der Waals surface area contributed by atoms with Crippen LogP contribution in [0, 0.1) is 0 Å². The van der Waals surface area contributed by atoms with Gasteiger partial charge in [0.25, 0.3) is 0 Å². The summed E-state index contributed by atoms with van der Waals surface area (Å²) in [5.74, 6) is 0. The Morgan fingerprint density at radius 3 is 1.90 bits per heavy atom. The van der Waals surface area contributed by atoms with Gasteiger partial charge >= 0.3 is 0 Å². The zero-order valence-electron chi connectivity index (χ0n) is 21.3. The topological polar surface area (TPSA) is 4.93 Å². The smallest absolute Gasteiger partial charge is 0.0726 e. The quantitative estimate of drug-likeness (QED) is 0.192. The van der Waals surface area contributed by atoms with Gasteiger partial charge in [-0.05, 0) is 69.3 Å². The molecule has 6 aromatic carbocycles. The Morgan fingerprint density at radius 2 is 1.12 bits per heavy atom. The van der Waals surface area contributed by atoms with Crippen LogP contribution in [0.5, 0.6) is 0 Å². The van der Waals surface area contributed by atoms with Crippen LogP contribution in [0.4, 0.5) is 0 Å². The predicted octanol–water partition coefficient (Wildman–Crippen LogP) is 10.4. The molecule has 2 aliphatic rings. The molecule has 2 aliphatic carbocycles. The first kappa shape index (κ1) is 22.5. The van der Waals surface area contributed by atoms with Crippen molar-refractivity contribution in [3.8, 4) is 27.9 Å². The van der Waals surface area contributed by atoms with Crippen molar-refractivity contribution in [2.24, 2.45) is 0 Å². The highest BCUT2D eigenvalue weighted by Crippen LogP contribution is 2.64. The fourth-order valence-corrected chi connectivity index (χ4v) is 7.93. The van der Waals surface area contributed by atoms with Crippen molar-refractivity contribution < 1.29 is 0 Å². The molecule has 0 atom stereocenters. The Bertz CT molecular complexity index is 2160. The van der Waals surface area contributed by atoms with Crippen LogP contribution in [0.3, 0.4) is 0 Å². The van der Waals surface area contributed by atoms with Crippen molar-refractivity contribution in [1.29, 1.82) is 0 Å². The highest BCUT2D eigenvalue weighted by Gasteiger charge is 2.52. The highest BCUT2D eigenvalue weighted by molar-refractivity contribution is 6.33. The highest BCUT2D eigenvalue weighted by atomic mass is 35.5. The third kappa shape index (κ3) is 2.60. The van der Waals surface area contributed by atoms with Gasteiger partial charge < -0.3 is 4.57 Å². The molecule has 1 heterocycles. The van der Waals surface area contributed by atoms with Gasteiger partial charge in [-0.1, -0.05) is 120 Å². The zero-order chi connectivity index (χ0) is 26.6. The Labute approximate surface area is 241 Å². The van der Waals surface area contributed by atoms with Crippen LogP contribution in [0.2, 0.25) is 10.0 Å². The van der Waals surface area contributed by atoms with Crippen LogP contribution in [0.1, 0.15) is 22.3 Å². The van der Waals surface area contributed by atoms with Gasteiger partial charge in [-0.25, -0.2) is 0 Å². The second kappa shape index (κ2) is 7.88. The van der Waals surface area contributed by atoms with Crippen molar-refractivity contribution in [1.82, 2.24) is 4.57 Å². The fraction of sp³-hybridized carbons (Fsp3) is 0.0270. The molecular formula is C37H21Cl2N. The van der Waals surface area contributed by atoms with Crippen molar-refractivity contribution in [3.63, 3.8) is 0 Å². The molecule has 9 rings (SSSR count). The first-order valence-electron chi connectivity index (χ1n) is 13.5. The van der Waals surface area contributed by atoms with Crippen LogP contribution >= 0.6 is 23.2 Å². The van der Waals surface area contributed by atoms with E-state index in [0.717, 1.165) is 26.8 Å². The average molecular weight is 550 g/mol. The minimum atomic E-state index is -0.432. The summed E-state index contributed by atoms with van der Waals surface area (Å²) in [4.78, 5) is 0. The van der Waals surface area contributed by atoms with Crippen LogP contribution in [-0.4, -0.2) is 4.57 Å². The molecule has 0 aliphatic heterocycles. The van der Waals surface area contributed by atoms with Gasteiger partial charge in [0.05, 0.1) is 27.2 Å². The first-order valence-corrected chi connectivity index (χ1v) is 14.3. The summed E-state index contributed by atoms with van der Waals surface area (Å²) in [7, 11) is 0. The monoisotopic (exact) mass is 549 g/mol. The molecule has 7 aromatic rings. The molecule has 0 fully saturated rings. The van der Waals surface area contributed by atoms with Crippen LogP contribution in [0.25, 0.3) is 49.7 Å². The zero-order valence-corrected chi connectivity index (χ0v) is 22.8. The molecular weight excluding hydrogens is 529 g/mol. The van der Waals surface area contributed by atoms with Gasteiger partial charge in [-0.15, -0.1) is 0 Å². The number of benzene rings is 6. The number of hydrogen-bond acceptors (Lipinski definition) is 0. The molecule has 40 heavy (non-hydrogen) atoms. The summed E-state index contributed by atoms with van der Waals surface area (Å²) >= 11 is 13.7. The molecule has 0 saturated carbocycles. The maximum atomic E-state index is 6.91.